The minimum atomic E-state index is -0.277. The molecule has 2 aliphatic rings. The predicted molar refractivity (Wildman–Crippen MR) is 93.2 cm³/mol. The number of pyridine rings is 2. The van der Waals surface area contributed by atoms with Crippen molar-refractivity contribution in [3.63, 3.8) is 0 Å². The number of anilines is 1. The second-order valence-corrected chi connectivity index (χ2v) is 6.62. The predicted octanol–water partition coefficient (Wildman–Crippen LogP) is 4.38. The molecular formula is C20H20FN3. The van der Waals surface area contributed by atoms with Gasteiger partial charge >= 0.3 is 0 Å². The molecule has 2 aromatic heterocycles. The molecule has 1 saturated carbocycles. The molecule has 3 nitrogen and oxygen atoms in total. The summed E-state index contributed by atoms with van der Waals surface area (Å²) in [5, 5.41) is 0. The van der Waals surface area contributed by atoms with E-state index >= 15 is 0 Å². The van der Waals surface area contributed by atoms with Crippen LogP contribution < -0.4 is 4.90 Å². The summed E-state index contributed by atoms with van der Waals surface area (Å²) < 4.78 is 13.1. The minimum Gasteiger partial charge on any atom is -0.338 e. The van der Waals surface area contributed by atoms with Gasteiger partial charge in [-0.1, -0.05) is 12.2 Å². The van der Waals surface area contributed by atoms with E-state index in [0.717, 1.165) is 12.1 Å². The summed E-state index contributed by atoms with van der Waals surface area (Å²) in [5.74, 6) is 0.618. The van der Waals surface area contributed by atoms with Gasteiger partial charge in [-0.05, 0) is 56.0 Å². The number of rotatable bonds is 3. The van der Waals surface area contributed by atoms with E-state index in [1.165, 1.54) is 29.2 Å². The van der Waals surface area contributed by atoms with E-state index in [2.05, 4.69) is 53.0 Å². The van der Waals surface area contributed by atoms with Crippen LogP contribution in [0.4, 0.5) is 10.1 Å². The van der Waals surface area contributed by atoms with Crippen LogP contribution in [0.1, 0.15) is 30.5 Å². The number of halogens is 1. The third-order valence-electron chi connectivity index (χ3n) is 4.98. The summed E-state index contributed by atoms with van der Waals surface area (Å²) in [4.78, 5) is 10.9. The largest absolute Gasteiger partial charge is 0.338 e. The van der Waals surface area contributed by atoms with Gasteiger partial charge in [-0.2, -0.15) is 0 Å². The van der Waals surface area contributed by atoms with E-state index in [1.807, 2.05) is 18.5 Å². The van der Waals surface area contributed by atoms with Crippen LogP contribution in [0, 0.1) is 18.7 Å². The number of allylic oxidation sites excluding steroid dienone is 3. The maximum atomic E-state index is 13.1. The topological polar surface area (TPSA) is 29.0 Å². The molecule has 0 spiro atoms. The minimum absolute atomic E-state index is 0.277. The number of aromatic nitrogens is 2. The summed E-state index contributed by atoms with van der Waals surface area (Å²) in [7, 11) is 0. The highest BCUT2D eigenvalue weighted by molar-refractivity contribution is 5.60. The van der Waals surface area contributed by atoms with Crippen molar-refractivity contribution in [1.82, 2.24) is 9.97 Å². The van der Waals surface area contributed by atoms with Crippen LogP contribution in [-0.4, -0.2) is 16.0 Å². The zero-order valence-electron chi connectivity index (χ0n) is 13.9. The van der Waals surface area contributed by atoms with Gasteiger partial charge in [-0.15, -0.1) is 0 Å². The zero-order chi connectivity index (χ0) is 16.7. The summed E-state index contributed by atoms with van der Waals surface area (Å²) in [6, 6.07) is 5.70. The van der Waals surface area contributed by atoms with Crippen molar-refractivity contribution in [3.8, 4) is 0 Å². The molecule has 0 N–H and O–H groups in total. The maximum absolute atomic E-state index is 13.1. The Bertz CT molecular complexity index is 810. The first-order chi connectivity index (χ1) is 11.6. The summed E-state index contributed by atoms with van der Waals surface area (Å²) >= 11 is 0. The van der Waals surface area contributed by atoms with Crippen molar-refractivity contribution >= 4 is 5.69 Å². The second kappa shape index (κ2) is 5.86. The van der Waals surface area contributed by atoms with Gasteiger partial charge in [-0.25, -0.2) is 4.39 Å². The fraction of sp³-hybridized carbons (Fsp3) is 0.300. The highest BCUT2D eigenvalue weighted by atomic mass is 19.1. The van der Waals surface area contributed by atoms with E-state index in [-0.39, 0.29) is 5.82 Å². The summed E-state index contributed by atoms with van der Waals surface area (Å²) in [5.41, 5.74) is 4.59. The Morgan fingerprint density at radius 3 is 2.79 bits per heavy atom. The van der Waals surface area contributed by atoms with Crippen molar-refractivity contribution < 1.29 is 4.39 Å². The molecule has 0 radical (unpaired) electrons. The SMILES string of the molecule is CC1=CC=CC([C@H]2C[C@@H]2c2ccc(F)cn2)N1c1ccncc1C. The standard InChI is InChI=1S/C20H20FN3/c1-13-11-22-9-8-19(13)24-14(2)4-3-5-20(24)17-10-16(17)18-7-6-15(21)12-23-18/h3-9,11-12,16-17,20H,10H2,1-2H3/t16-,17-,20?/m0/s1. The fourth-order valence-corrected chi connectivity index (χ4v) is 3.67. The second-order valence-electron chi connectivity index (χ2n) is 6.62. The van der Waals surface area contributed by atoms with Gasteiger partial charge in [-0.3, -0.25) is 9.97 Å². The highest BCUT2D eigenvalue weighted by Crippen LogP contribution is 2.52. The van der Waals surface area contributed by atoms with Crippen LogP contribution in [0.25, 0.3) is 0 Å². The Kier molecular flexibility index (Phi) is 3.68. The van der Waals surface area contributed by atoms with Crippen LogP contribution in [-0.2, 0) is 0 Å². The molecule has 0 aromatic carbocycles. The molecule has 0 saturated heterocycles. The van der Waals surface area contributed by atoms with Gasteiger partial charge in [0.15, 0.2) is 0 Å². The van der Waals surface area contributed by atoms with Gasteiger partial charge in [0.05, 0.1) is 12.2 Å². The molecule has 3 atom stereocenters. The molecule has 24 heavy (non-hydrogen) atoms. The summed E-state index contributed by atoms with van der Waals surface area (Å²) in [6.45, 7) is 4.24. The van der Waals surface area contributed by atoms with E-state index < -0.39 is 0 Å². The Morgan fingerprint density at radius 2 is 2.04 bits per heavy atom. The molecular weight excluding hydrogens is 301 g/mol. The number of aryl methyl sites for hydroxylation is 1. The Morgan fingerprint density at radius 1 is 1.17 bits per heavy atom. The smallest absolute Gasteiger partial charge is 0.141 e. The molecule has 0 bridgehead atoms. The molecule has 3 heterocycles. The van der Waals surface area contributed by atoms with Crippen molar-refractivity contribution in [2.24, 2.45) is 5.92 Å². The van der Waals surface area contributed by atoms with Gasteiger partial charge in [0, 0.05) is 35.4 Å². The van der Waals surface area contributed by atoms with Crippen LogP contribution >= 0.6 is 0 Å². The van der Waals surface area contributed by atoms with Crippen LogP contribution in [0.2, 0.25) is 0 Å². The first-order valence-corrected chi connectivity index (χ1v) is 8.31. The zero-order valence-corrected chi connectivity index (χ0v) is 13.9. The third kappa shape index (κ3) is 2.62. The van der Waals surface area contributed by atoms with Crippen LogP contribution in [0.5, 0.6) is 0 Å². The van der Waals surface area contributed by atoms with Crippen molar-refractivity contribution in [2.45, 2.75) is 32.2 Å². The molecule has 1 fully saturated rings. The molecule has 122 valence electrons. The molecule has 2 aromatic rings. The van der Waals surface area contributed by atoms with E-state index in [0.29, 0.717) is 17.9 Å². The molecule has 4 rings (SSSR count). The average Bonchev–Trinajstić information content (AvgIpc) is 3.37. The molecule has 0 amide bonds. The van der Waals surface area contributed by atoms with Crippen molar-refractivity contribution in [2.75, 3.05) is 4.90 Å². The lowest BCUT2D eigenvalue weighted by atomic mass is 10.0. The van der Waals surface area contributed by atoms with E-state index in [1.54, 1.807) is 0 Å². The maximum Gasteiger partial charge on any atom is 0.141 e. The third-order valence-corrected chi connectivity index (χ3v) is 4.98. The Labute approximate surface area is 141 Å². The van der Waals surface area contributed by atoms with Gasteiger partial charge in [0.2, 0.25) is 0 Å². The van der Waals surface area contributed by atoms with Crippen molar-refractivity contribution in [3.05, 3.63) is 77.8 Å². The monoisotopic (exact) mass is 321 g/mol. The van der Waals surface area contributed by atoms with Gasteiger partial charge in [0.1, 0.15) is 5.82 Å². The lowest BCUT2D eigenvalue weighted by Crippen LogP contribution is -2.36. The van der Waals surface area contributed by atoms with E-state index in [4.69, 9.17) is 0 Å². The van der Waals surface area contributed by atoms with Gasteiger partial charge < -0.3 is 4.90 Å². The molecule has 4 heteroatoms. The number of nitrogens with zero attached hydrogens (tertiary/aromatic N) is 3. The molecule has 1 aliphatic carbocycles. The summed E-state index contributed by atoms with van der Waals surface area (Å²) in [6.07, 6.45) is 12.7. The Hall–Kier alpha value is -2.49. The lowest BCUT2D eigenvalue weighted by molar-refractivity contribution is 0.613. The highest BCUT2D eigenvalue weighted by Gasteiger charge is 2.46. The number of hydrogen-bond acceptors (Lipinski definition) is 3. The van der Waals surface area contributed by atoms with Crippen LogP contribution in [0.3, 0.4) is 0 Å². The van der Waals surface area contributed by atoms with Crippen molar-refractivity contribution in [1.29, 1.82) is 0 Å². The van der Waals surface area contributed by atoms with Crippen LogP contribution in [0.15, 0.2) is 60.7 Å². The first-order valence-electron chi connectivity index (χ1n) is 8.31. The van der Waals surface area contributed by atoms with Gasteiger partial charge in [0.25, 0.3) is 0 Å². The molecule has 1 unspecified atom stereocenters. The van der Waals surface area contributed by atoms with E-state index in [9.17, 15) is 4.39 Å². The quantitative estimate of drug-likeness (QED) is 0.840. The number of hydrogen-bond donors (Lipinski definition) is 0. The molecule has 1 aliphatic heterocycles. The average molecular weight is 321 g/mol. The Balaban J connectivity index is 1.62. The fourth-order valence-electron chi connectivity index (χ4n) is 3.67. The first kappa shape index (κ1) is 15.1. The lowest BCUT2D eigenvalue weighted by Gasteiger charge is -2.36. The normalized spacial score (nSPS) is 25.5.